The van der Waals surface area contributed by atoms with Crippen molar-refractivity contribution in [3.05, 3.63) is 54.1 Å². The number of amides is 3. The summed E-state index contributed by atoms with van der Waals surface area (Å²) in [7, 11) is 2.94. The minimum Gasteiger partial charge on any atom is -0.493 e. The van der Waals surface area contributed by atoms with Crippen molar-refractivity contribution in [3.63, 3.8) is 0 Å². The van der Waals surface area contributed by atoms with E-state index in [1.54, 1.807) is 30.3 Å². The van der Waals surface area contributed by atoms with Crippen LogP contribution in [0, 0.1) is 11.3 Å². The number of ether oxygens (including phenoxy) is 2. The minimum atomic E-state index is -0.541. The van der Waals surface area contributed by atoms with Crippen LogP contribution in [0.2, 0.25) is 0 Å². The molecule has 9 nitrogen and oxygen atoms in total. The minimum absolute atomic E-state index is 0.0710. The van der Waals surface area contributed by atoms with E-state index in [1.165, 1.54) is 31.3 Å². The van der Waals surface area contributed by atoms with Crippen LogP contribution < -0.4 is 25.2 Å². The summed E-state index contributed by atoms with van der Waals surface area (Å²) in [6, 6.07) is 15.5. The van der Waals surface area contributed by atoms with Gasteiger partial charge in [0.15, 0.2) is 11.5 Å². The first-order chi connectivity index (χ1) is 15.0. The summed E-state index contributed by atoms with van der Waals surface area (Å²) in [5, 5.41) is 8.83. The Labute approximate surface area is 180 Å². The molecule has 0 aliphatic carbocycles. The number of nitrogens with zero attached hydrogens (tertiary/aromatic N) is 2. The molecule has 31 heavy (non-hydrogen) atoms. The maximum atomic E-state index is 12.6. The third-order valence-electron chi connectivity index (χ3n) is 4.34. The van der Waals surface area contributed by atoms with E-state index in [4.69, 9.17) is 14.7 Å². The number of rotatable bonds is 9. The Kier molecular flexibility index (Phi) is 8.86. The van der Waals surface area contributed by atoms with E-state index in [-0.39, 0.29) is 37.3 Å². The van der Waals surface area contributed by atoms with Gasteiger partial charge in [0.05, 0.1) is 26.7 Å². The summed E-state index contributed by atoms with van der Waals surface area (Å²) in [6.07, 6.45) is -0.0203. The van der Waals surface area contributed by atoms with Crippen LogP contribution in [0.5, 0.6) is 11.5 Å². The predicted octanol–water partition coefficient (Wildman–Crippen LogP) is 2.19. The summed E-state index contributed by atoms with van der Waals surface area (Å²) in [5.41, 5.74) is 5.52. The van der Waals surface area contributed by atoms with Gasteiger partial charge in [0.2, 0.25) is 11.8 Å². The van der Waals surface area contributed by atoms with Gasteiger partial charge in [-0.05, 0) is 30.3 Å². The number of hydrogen-bond donors (Lipinski definition) is 2. The number of hydrogen-bond acceptors (Lipinski definition) is 6. The number of carbonyl (C=O) groups is 3. The third kappa shape index (κ3) is 6.75. The number of hydrazine groups is 1. The highest BCUT2D eigenvalue weighted by atomic mass is 16.5. The second-order valence-corrected chi connectivity index (χ2v) is 6.36. The van der Waals surface area contributed by atoms with Crippen LogP contribution in [0.15, 0.2) is 48.5 Å². The maximum Gasteiger partial charge on any atom is 0.269 e. The van der Waals surface area contributed by atoms with Crippen molar-refractivity contribution in [2.24, 2.45) is 0 Å². The van der Waals surface area contributed by atoms with E-state index in [9.17, 15) is 14.4 Å². The molecule has 0 fully saturated rings. The summed E-state index contributed by atoms with van der Waals surface area (Å²) in [4.78, 5) is 38.4. The molecule has 162 valence electrons. The molecule has 0 bridgehead atoms. The van der Waals surface area contributed by atoms with E-state index >= 15 is 0 Å². The number of benzene rings is 2. The molecule has 0 heterocycles. The second kappa shape index (κ2) is 11.8. The Morgan fingerprint density at radius 3 is 2.32 bits per heavy atom. The molecule has 0 atom stereocenters. The zero-order valence-corrected chi connectivity index (χ0v) is 17.4. The molecule has 2 rings (SSSR count). The van der Waals surface area contributed by atoms with Crippen LogP contribution >= 0.6 is 0 Å². The summed E-state index contributed by atoms with van der Waals surface area (Å²) < 4.78 is 10.3. The lowest BCUT2D eigenvalue weighted by Gasteiger charge is -2.21. The number of para-hydroxylation sites is 1. The largest absolute Gasteiger partial charge is 0.493 e. The van der Waals surface area contributed by atoms with E-state index in [2.05, 4.69) is 10.9 Å². The molecule has 0 saturated carbocycles. The van der Waals surface area contributed by atoms with Gasteiger partial charge in [-0.1, -0.05) is 18.2 Å². The third-order valence-corrected chi connectivity index (χ3v) is 4.34. The SMILES string of the molecule is COc1ccc(C(=O)NNC(=O)CCC(=O)N(CCC#N)c2ccccc2)cc1OC. The quantitative estimate of drug-likeness (QED) is 0.595. The lowest BCUT2D eigenvalue weighted by Crippen LogP contribution is -2.42. The molecule has 0 aliphatic rings. The van der Waals surface area contributed by atoms with Crippen LogP contribution in [-0.4, -0.2) is 38.5 Å². The van der Waals surface area contributed by atoms with Crippen LogP contribution in [0.3, 0.4) is 0 Å². The van der Waals surface area contributed by atoms with Crippen molar-refractivity contribution in [3.8, 4) is 17.6 Å². The van der Waals surface area contributed by atoms with Crippen molar-refractivity contribution in [2.45, 2.75) is 19.3 Å². The Balaban J connectivity index is 1.88. The Morgan fingerprint density at radius 2 is 1.68 bits per heavy atom. The highest BCUT2D eigenvalue weighted by Crippen LogP contribution is 2.27. The summed E-state index contributed by atoms with van der Waals surface area (Å²) in [6.45, 7) is 0.233. The predicted molar refractivity (Wildman–Crippen MR) is 113 cm³/mol. The first-order valence-electron chi connectivity index (χ1n) is 9.53. The van der Waals surface area contributed by atoms with Crippen molar-refractivity contribution in [2.75, 3.05) is 25.7 Å². The number of anilines is 1. The van der Waals surface area contributed by atoms with Crippen molar-refractivity contribution < 1.29 is 23.9 Å². The zero-order chi connectivity index (χ0) is 22.6. The molecule has 0 spiro atoms. The zero-order valence-electron chi connectivity index (χ0n) is 17.4. The number of nitrogens with one attached hydrogen (secondary N) is 2. The first-order valence-corrected chi connectivity index (χ1v) is 9.53. The lowest BCUT2D eigenvalue weighted by molar-refractivity contribution is -0.125. The number of methoxy groups -OCH3 is 2. The first kappa shape index (κ1) is 23.2. The Bertz CT molecular complexity index is 956. The molecule has 0 aromatic heterocycles. The normalized spacial score (nSPS) is 9.84. The van der Waals surface area contributed by atoms with Gasteiger partial charge >= 0.3 is 0 Å². The smallest absolute Gasteiger partial charge is 0.269 e. The molecule has 3 amide bonds. The van der Waals surface area contributed by atoms with Gasteiger partial charge in [0.25, 0.3) is 5.91 Å². The van der Waals surface area contributed by atoms with Gasteiger partial charge in [-0.3, -0.25) is 25.2 Å². The molecule has 0 radical (unpaired) electrons. The van der Waals surface area contributed by atoms with E-state index in [0.717, 1.165) is 0 Å². The molecule has 2 N–H and O–H groups in total. The molecule has 2 aromatic rings. The Hall–Kier alpha value is -4.06. The van der Waals surface area contributed by atoms with E-state index in [1.807, 2.05) is 12.1 Å². The fourth-order valence-corrected chi connectivity index (χ4v) is 2.76. The molecule has 0 aliphatic heterocycles. The van der Waals surface area contributed by atoms with Gasteiger partial charge < -0.3 is 14.4 Å². The van der Waals surface area contributed by atoms with E-state index < -0.39 is 11.8 Å². The van der Waals surface area contributed by atoms with Gasteiger partial charge in [0, 0.05) is 30.6 Å². The maximum absolute atomic E-state index is 12.6. The van der Waals surface area contributed by atoms with Gasteiger partial charge in [-0.25, -0.2) is 0 Å². The molecular weight excluding hydrogens is 400 g/mol. The molecule has 0 unspecified atom stereocenters. The molecular formula is C22H24N4O5. The monoisotopic (exact) mass is 424 g/mol. The van der Waals surface area contributed by atoms with Crippen LogP contribution in [-0.2, 0) is 9.59 Å². The van der Waals surface area contributed by atoms with Crippen LogP contribution in [0.1, 0.15) is 29.6 Å². The van der Waals surface area contributed by atoms with Crippen molar-refractivity contribution >= 4 is 23.4 Å². The van der Waals surface area contributed by atoms with Crippen LogP contribution in [0.25, 0.3) is 0 Å². The second-order valence-electron chi connectivity index (χ2n) is 6.36. The van der Waals surface area contributed by atoms with E-state index in [0.29, 0.717) is 17.2 Å². The average Bonchev–Trinajstić information content (AvgIpc) is 2.81. The summed E-state index contributed by atoms with van der Waals surface area (Å²) >= 11 is 0. The molecule has 2 aromatic carbocycles. The molecule has 0 saturated heterocycles. The average molecular weight is 424 g/mol. The van der Waals surface area contributed by atoms with Gasteiger partial charge in [0.1, 0.15) is 0 Å². The fourth-order valence-electron chi connectivity index (χ4n) is 2.76. The standard InChI is InChI=1S/C22H24N4O5/c1-30-18-10-9-16(15-19(18)31-2)22(29)25-24-20(27)11-12-21(28)26(14-6-13-23)17-7-4-3-5-8-17/h3-5,7-10,15H,6,11-12,14H2,1-2H3,(H,24,27)(H,25,29). The topological polar surface area (TPSA) is 121 Å². The lowest BCUT2D eigenvalue weighted by atomic mass is 10.2. The Morgan fingerprint density at radius 1 is 0.968 bits per heavy atom. The highest BCUT2D eigenvalue weighted by molar-refractivity contribution is 5.97. The van der Waals surface area contributed by atoms with Gasteiger partial charge in [-0.15, -0.1) is 0 Å². The number of nitriles is 1. The van der Waals surface area contributed by atoms with Gasteiger partial charge in [-0.2, -0.15) is 5.26 Å². The van der Waals surface area contributed by atoms with Crippen molar-refractivity contribution in [1.82, 2.24) is 10.9 Å². The van der Waals surface area contributed by atoms with Crippen LogP contribution in [0.4, 0.5) is 5.69 Å². The highest BCUT2D eigenvalue weighted by Gasteiger charge is 2.17. The fraction of sp³-hybridized carbons (Fsp3) is 0.273. The number of carbonyl (C=O) groups excluding carboxylic acids is 3. The van der Waals surface area contributed by atoms with Crippen molar-refractivity contribution in [1.29, 1.82) is 5.26 Å². The summed E-state index contributed by atoms with van der Waals surface area (Å²) in [5.74, 6) is -0.495. The molecule has 9 heteroatoms.